The highest BCUT2D eigenvalue weighted by molar-refractivity contribution is 5.88. The number of rotatable bonds is 7. The number of hydrogen-bond acceptors (Lipinski definition) is 6. The summed E-state index contributed by atoms with van der Waals surface area (Å²) in [4.78, 5) is 5.07. The quantitative estimate of drug-likeness (QED) is 0.608. The molecule has 1 N–H and O–H groups in total. The number of fused-ring (bicyclic) bond motifs is 2. The minimum atomic E-state index is 0.590. The summed E-state index contributed by atoms with van der Waals surface area (Å²) < 4.78 is 11.8. The highest BCUT2D eigenvalue weighted by Crippen LogP contribution is 2.31. The first-order chi connectivity index (χ1) is 15.8. The number of aromatic nitrogens is 1. The average molecular weight is 433 g/mol. The maximum Gasteiger partial charge on any atom is 0.180 e. The van der Waals surface area contributed by atoms with E-state index in [0.29, 0.717) is 12.0 Å². The van der Waals surface area contributed by atoms with Crippen LogP contribution in [0.15, 0.2) is 53.1 Å². The van der Waals surface area contributed by atoms with Crippen molar-refractivity contribution in [3.05, 3.63) is 54.1 Å². The lowest BCUT2D eigenvalue weighted by molar-refractivity contribution is 0.0726. The van der Waals surface area contributed by atoms with E-state index in [1.807, 2.05) is 12.1 Å². The average Bonchev–Trinajstić information content (AvgIpc) is 3.58. The summed E-state index contributed by atoms with van der Waals surface area (Å²) in [7, 11) is 0. The van der Waals surface area contributed by atoms with E-state index in [-0.39, 0.29) is 0 Å². The first-order valence-corrected chi connectivity index (χ1v) is 12.1. The number of piperazine rings is 1. The van der Waals surface area contributed by atoms with Gasteiger partial charge in [-0.1, -0.05) is 29.4 Å². The SMILES string of the molecule is c1cc(CNC2CC2)cc(OC[C@H]2CC[C@H]3CN(c4noc5ccccc45)CCN3C2)c1. The van der Waals surface area contributed by atoms with Crippen molar-refractivity contribution in [2.45, 2.75) is 44.3 Å². The molecule has 3 heterocycles. The molecule has 0 radical (unpaired) electrons. The Hall–Kier alpha value is -2.57. The van der Waals surface area contributed by atoms with Gasteiger partial charge >= 0.3 is 0 Å². The van der Waals surface area contributed by atoms with Crippen LogP contribution in [0.3, 0.4) is 0 Å². The number of para-hydroxylation sites is 1. The molecule has 0 spiro atoms. The third kappa shape index (κ3) is 4.34. The molecule has 1 aromatic heterocycles. The Morgan fingerprint density at radius 2 is 1.94 bits per heavy atom. The van der Waals surface area contributed by atoms with Gasteiger partial charge in [0.15, 0.2) is 11.4 Å². The number of piperidine rings is 1. The molecule has 0 bridgehead atoms. The molecule has 32 heavy (non-hydrogen) atoms. The lowest BCUT2D eigenvalue weighted by Crippen LogP contribution is -2.57. The van der Waals surface area contributed by atoms with Crippen LogP contribution in [-0.2, 0) is 6.54 Å². The van der Waals surface area contributed by atoms with Gasteiger partial charge in [-0.05, 0) is 55.5 Å². The van der Waals surface area contributed by atoms with Crippen molar-refractivity contribution in [1.82, 2.24) is 15.4 Å². The standard InChI is InChI=1S/C26H32N4O2/c1-2-7-25-24(6-1)26(28-32-25)30-13-12-29-16-20(8-11-22(29)17-30)18-31-23-5-3-4-19(14-23)15-27-21-9-10-21/h1-7,14,20-22,27H,8-13,15-18H2/t20-,22-/m0/s1. The van der Waals surface area contributed by atoms with Gasteiger partial charge in [0.25, 0.3) is 0 Å². The minimum absolute atomic E-state index is 0.590. The number of nitrogens with zero attached hydrogens (tertiary/aromatic N) is 3. The third-order valence-electron chi connectivity index (χ3n) is 7.22. The highest BCUT2D eigenvalue weighted by Gasteiger charge is 2.34. The largest absolute Gasteiger partial charge is 0.493 e. The highest BCUT2D eigenvalue weighted by atomic mass is 16.5. The summed E-state index contributed by atoms with van der Waals surface area (Å²) in [6.07, 6.45) is 5.08. The fourth-order valence-corrected chi connectivity index (χ4v) is 5.20. The summed E-state index contributed by atoms with van der Waals surface area (Å²) in [5.74, 6) is 2.60. The van der Waals surface area contributed by atoms with E-state index < -0.39 is 0 Å². The summed E-state index contributed by atoms with van der Waals surface area (Å²) in [5.41, 5.74) is 2.19. The Balaban J connectivity index is 1.02. The molecule has 0 amide bonds. The topological polar surface area (TPSA) is 53.8 Å². The van der Waals surface area contributed by atoms with Gasteiger partial charge in [0, 0.05) is 50.7 Å². The first kappa shape index (κ1) is 20.1. The molecule has 2 aromatic carbocycles. The molecule has 6 rings (SSSR count). The van der Waals surface area contributed by atoms with Gasteiger partial charge in [-0.3, -0.25) is 4.90 Å². The molecule has 2 aliphatic heterocycles. The van der Waals surface area contributed by atoms with Gasteiger partial charge in [-0.2, -0.15) is 0 Å². The van der Waals surface area contributed by atoms with Crippen LogP contribution < -0.4 is 15.0 Å². The molecule has 3 fully saturated rings. The Morgan fingerprint density at radius 1 is 1.00 bits per heavy atom. The molecular weight excluding hydrogens is 400 g/mol. The Bertz CT molecular complexity index is 1060. The van der Waals surface area contributed by atoms with Crippen molar-refractivity contribution in [2.75, 3.05) is 37.7 Å². The summed E-state index contributed by atoms with van der Waals surface area (Å²) in [6.45, 7) is 5.97. The van der Waals surface area contributed by atoms with Crippen LogP contribution >= 0.6 is 0 Å². The predicted octanol–water partition coefficient (Wildman–Crippen LogP) is 4.06. The van der Waals surface area contributed by atoms with E-state index in [9.17, 15) is 0 Å². The number of benzene rings is 2. The van der Waals surface area contributed by atoms with E-state index in [1.165, 1.54) is 31.2 Å². The van der Waals surface area contributed by atoms with Crippen molar-refractivity contribution < 1.29 is 9.26 Å². The van der Waals surface area contributed by atoms with Crippen molar-refractivity contribution in [3.8, 4) is 5.75 Å². The first-order valence-electron chi connectivity index (χ1n) is 12.1. The normalized spacial score (nSPS) is 23.9. The van der Waals surface area contributed by atoms with Crippen LogP contribution in [-0.4, -0.2) is 54.9 Å². The Labute approximate surface area is 189 Å². The van der Waals surface area contributed by atoms with E-state index in [2.05, 4.69) is 56.7 Å². The summed E-state index contributed by atoms with van der Waals surface area (Å²) in [6, 6.07) is 18.1. The molecule has 168 valence electrons. The molecule has 3 aliphatic rings. The molecule has 6 heteroatoms. The van der Waals surface area contributed by atoms with Gasteiger partial charge < -0.3 is 19.5 Å². The second kappa shape index (κ2) is 8.75. The molecule has 1 saturated carbocycles. The zero-order valence-corrected chi connectivity index (χ0v) is 18.6. The van der Waals surface area contributed by atoms with E-state index in [1.54, 1.807) is 0 Å². The minimum Gasteiger partial charge on any atom is -0.493 e. The van der Waals surface area contributed by atoms with Crippen molar-refractivity contribution in [1.29, 1.82) is 0 Å². The number of ether oxygens (including phenoxy) is 1. The second-order valence-electron chi connectivity index (χ2n) is 9.65. The van der Waals surface area contributed by atoms with Crippen LogP contribution in [0, 0.1) is 5.92 Å². The second-order valence-corrected chi connectivity index (χ2v) is 9.65. The van der Waals surface area contributed by atoms with Crippen molar-refractivity contribution in [3.63, 3.8) is 0 Å². The maximum absolute atomic E-state index is 6.23. The van der Waals surface area contributed by atoms with Gasteiger partial charge in [-0.25, -0.2) is 0 Å². The number of hydrogen-bond donors (Lipinski definition) is 1. The monoisotopic (exact) mass is 432 g/mol. The molecular formula is C26H32N4O2. The lowest BCUT2D eigenvalue weighted by atomic mass is 9.91. The van der Waals surface area contributed by atoms with Crippen LogP contribution in [0.1, 0.15) is 31.2 Å². The summed E-state index contributed by atoms with van der Waals surface area (Å²) in [5, 5.41) is 9.08. The zero-order chi connectivity index (χ0) is 21.3. The lowest BCUT2D eigenvalue weighted by Gasteiger charge is -2.46. The third-order valence-corrected chi connectivity index (χ3v) is 7.22. The van der Waals surface area contributed by atoms with Crippen LogP contribution in [0.5, 0.6) is 5.75 Å². The number of nitrogens with one attached hydrogen (secondary N) is 1. The van der Waals surface area contributed by atoms with E-state index in [0.717, 1.165) is 67.9 Å². The fourth-order valence-electron chi connectivity index (χ4n) is 5.20. The van der Waals surface area contributed by atoms with Crippen molar-refractivity contribution >= 4 is 16.8 Å². The molecule has 3 aromatic rings. The van der Waals surface area contributed by atoms with Crippen LogP contribution in [0.4, 0.5) is 5.82 Å². The Morgan fingerprint density at radius 3 is 2.88 bits per heavy atom. The predicted molar refractivity (Wildman–Crippen MR) is 126 cm³/mol. The van der Waals surface area contributed by atoms with Crippen LogP contribution in [0.2, 0.25) is 0 Å². The van der Waals surface area contributed by atoms with Crippen molar-refractivity contribution in [2.24, 2.45) is 5.92 Å². The molecule has 0 unspecified atom stereocenters. The van der Waals surface area contributed by atoms with Gasteiger partial charge in [-0.15, -0.1) is 0 Å². The fraction of sp³-hybridized carbons (Fsp3) is 0.500. The molecule has 2 atom stereocenters. The van der Waals surface area contributed by atoms with Gasteiger partial charge in [0.05, 0.1) is 12.0 Å². The van der Waals surface area contributed by atoms with Gasteiger partial charge in [0.2, 0.25) is 0 Å². The number of anilines is 1. The van der Waals surface area contributed by atoms with Gasteiger partial charge in [0.1, 0.15) is 5.75 Å². The smallest absolute Gasteiger partial charge is 0.180 e. The molecule has 2 saturated heterocycles. The maximum atomic E-state index is 6.23. The Kier molecular flexibility index (Phi) is 5.49. The molecule has 6 nitrogen and oxygen atoms in total. The molecule has 1 aliphatic carbocycles. The summed E-state index contributed by atoms with van der Waals surface area (Å²) >= 11 is 0. The van der Waals surface area contributed by atoms with Crippen LogP contribution in [0.25, 0.3) is 11.0 Å². The van der Waals surface area contributed by atoms with E-state index >= 15 is 0 Å². The van der Waals surface area contributed by atoms with E-state index in [4.69, 9.17) is 9.26 Å². The zero-order valence-electron chi connectivity index (χ0n) is 18.6.